The number of carbonyl (C=O) groups is 1. The molecule has 1 amide bonds. The Labute approximate surface area is 143 Å². The average Bonchev–Trinajstić information content (AvgIpc) is 2.91. The van der Waals surface area contributed by atoms with Gasteiger partial charge in [0, 0.05) is 15.8 Å². The van der Waals surface area contributed by atoms with Gasteiger partial charge in [-0.15, -0.1) is 11.3 Å². The van der Waals surface area contributed by atoms with Gasteiger partial charge in [0.05, 0.1) is 12.1 Å². The second-order valence-corrected chi connectivity index (χ2v) is 6.50. The zero-order valence-electron chi connectivity index (χ0n) is 12.9. The summed E-state index contributed by atoms with van der Waals surface area (Å²) in [5.41, 5.74) is 1.92. The molecule has 0 aliphatic rings. The molecule has 0 spiro atoms. The summed E-state index contributed by atoms with van der Waals surface area (Å²) < 4.78 is 6.18. The van der Waals surface area contributed by atoms with E-state index in [1.165, 1.54) is 11.3 Å². The highest BCUT2D eigenvalue weighted by Gasteiger charge is 2.18. The number of ether oxygens (including phenoxy) is 1. The number of methoxy groups -OCH3 is 1. The van der Waals surface area contributed by atoms with E-state index in [1.807, 2.05) is 42.5 Å². The number of halogens is 1. The maximum absolute atomic E-state index is 12.6. The number of thiophene rings is 1. The molecule has 0 atom stereocenters. The SMILES string of the molecule is CCc1ccccc1NC(=O)c1sc2ccc(OC)cc2c1Cl. The first-order chi connectivity index (χ1) is 11.1. The number of aryl methyl sites for hydroxylation is 1. The summed E-state index contributed by atoms with van der Waals surface area (Å²) in [5, 5.41) is 4.27. The maximum atomic E-state index is 12.6. The Morgan fingerprint density at radius 3 is 2.78 bits per heavy atom. The summed E-state index contributed by atoms with van der Waals surface area (Å²) in [6, 6.07) is 13.4. The van der Waals surface area contributed by atoms with Gasteiger partial charge >= 0.3 is 0 Å². The summed E-state index contributed by atoms with van der Waals surface area (Å²) in [7, 11) is 1.61. The molecule has 2 aromatic carbocycles. The van der Waals surface area contributed by atoms with E-state index in [9.17, 15) is 4.79 Å². The number of para-hydroxylation sites is 1. The van der Waals surface area contributed by atoms with E-state index in [-0.39, 0.29) is 5.91 Å². The van der Waals surface area contributed by atoms with E-state index in [0.717, 1.165) is 33.5 Å². The second kappa shape index (κ2) is 6.60. The van der Waals surface area contributed by atoms with Gasteiger partial charge in [0.2, 0.25) is 0 Å². The number of fused-ring (bicyclic) bond motifs is 1. The Kier molecular flexibility index (Phi) is 4.55. The lowest BCUT2D eigenvalue weighted by Gasteiger charge is -2.08. The summed E-state index contributed by atoms with van der Waals surface area (Å²) >= 11 is 7.80. The smallest absolute Gasteiger partial charge is 0.267 e. The molecule has 0 radical (unpaired) electrons. The third-order valence-corrected chi connectivity index (χ3v) is 5.36. The molecule has 1 aromatic heterocycles. The molecule has 0 saturated heterocycles. The number of nitrogens with one attached hydrogen (secondary N) is 1. The van der Waals surface area contributed by atoms with Gasteiger partial charge in [0.1, 0.15) is 10.6 Å². The molecular weight excluding hydrogens is 330 g/mol. The van der Waals surface area contributed by atoms with Gasteiger partial charge in [-0.2, -0.15) is 0 Å². The van der Waals surface area contributed by atoms with Gasteiger partial charge in [0.25, 0.3) is 5.91 Å². The number of carbonyl (C=O) groups excluding carboxylic acids is 1. The van der Waals surface area contributed by atoms with Crippen LogP contribution in [-0.4, -0.2) is 13.0 Å². The van der Waals surface area contributed by atoms with Crippen LogP contribution in [0.1, 0.15) is 22.2 Å². The molecule has 0 saturated carbocycles. The fourth-order valence-electron chi connectivity index (χ4n) is 2.45. The Balaban J connectivity index is 1.96. The quantitative estimate of drug-likeness (QED) is 0.689. The largest absolute Gasteiger partial charge is 0.497 e. The van der Waals surface area contributed by atoms with Gasteiger partial charge in [-0.1, -0.05) is 36.7 Å². The van der Waals surface area contributed by atoms with Gasteiger partial charge in [-0.3, -0.25) is 4.79 Å². The zero-order chi connectivity index (χ0) is 16.4. The molecule has 0 unspecified atom stereocenters. The number of benzene rings is 2. The Morgan fingerprint density at radius 2 is 2.04 bits per heavy atom. The average molecular weight is 346 g/mol. The molecule has 0 aliphatic carbocycles. The fraction of sp³-hybridized carbons (Fsp3) is 0.167. The van der Waals surface area contributed by atoms with Crippen molar-refractivity contribution in [3.8, 4) is 5.75 Å². The van der Waals surface area contributed by atoms with E-state index in [0.29, 0.717) is 9.90 Å². The fourth-order valence-corrected chi connectivity index (χ4v) is 3.83. The topological polar surface area (TPSA) is 38.3 Å². The van der Waals surface area contributed by atoms with E-state index < -0.39 is 0 Å². The van der Waals surface area contributed by atoms with Crippen molar-refractivity contribution in [2.75, 3.05) is 12.4 Å². The highest BCUT2D eigenvalue weighted by molar-refractivity contribution is 7.21. The van der Waals surface area contributed by atoms with Gasteiger partial charge in [-0.05, 0) is 36.2 Å². The van der Waals surface area contributed by atoms with Crippen molar-refractivity contribution in [1.82, 2.24) is 0 Å². The van der Waals surface area contributed by atoms with Crippen molar-refractivity contribution >= 4 is 44.6 Å². The van der Waals surface area contributed by atoms with Crippen LogP contribution in [0, 0.1) is 0 Å². The van der Waals surface area contributed by atoms with Gasteiger partial charge < -0.3 is 10.1 Å². The first-order valence-corrected chi connectivity index (χ1v) is 8.48. The second-order valence-electron chi connectivity index (χ2n) is 5.07. The highest BCUT2D eigenvalue weighted by atomic mass is 35.5. The molecule has 23 heavy (non-hydrogen) atoms. The van der Waals surface area contributed by atoms with Crippen molar-refractivity contribution in [1.29, 1.82) is 0 Å². The molecule has 1 heterocycles. The Morgan fingerprint density at radius 1 is 1.26 bits per heavy atom. The first kappa shape index (κ1) is 15.8. The third-order valence-electron chi connectivity index (χ3n) is 3.69. The number of hydrogen-bond acceptors (Lipinski definition) is 3. The van der Waals surface area contributed by atoms with Crippen molar-refractivity contribution < 1.29 is 9.53 Å². The molecule has 5 heteroatoms. The third kappa shape index (κ3) is 3.05. The normalized spacial score (nSPS) is 10.7. The van der Waals surface area contributed by atoms with Crippen LogP contribution in [0.2, 0.25) is 5.02 Å². The van der Waals surface area contributed by atoms with Crippen LogP contribution in [0.4, 0.5) is 5.69 Å². The monoisotopic (exact) mass is 345 g/mol. The number of hydrogen-bond donors (Lipinski definition) is 1. The predicted molar refractivity (Wildman–Crippen MR) is 97.2 cm³/mol. The van der Waals surface area contributed by atoms with Gasteiger partial charge in [0.15, 0.2) is 0 Å². The first-order valence-electron chi connectivity index (χ1n) is 7.29. The molecule has 0 bridgehead atoms. The Hall–Kier alpha value is -2.04. The van der Waals surface area contributed by atoms with Crippen molar-refractivity contribution in [2.45, 2.75) is 13.3 Å². The van der Waals surface area contributed by atoms with Crippen molar-refractivity contribution in [2.24, 2.45) is 0 Å². The van der Waals surface area contributed by atoms with Crippen LogP contribution in [0.15, 0.2) is 42.5 Å². The standard InChI is InChI=1S/C18H16ClNO2S/c1-3-11-6-4-5-7-14(11)20-18(21)17-16(19)13-10-12(22-2)8-9-15(13)23-17/h4-10H,3H2,1-2H3,(H,20,21). The molecular formula is C18H16ClNO2S. The zero-order valence-corrected chi connectivity index (χ0v) is 14.4. The van der Waals surface area contributed by atoms with Crippen LogP contribution in [0.25, 0.3) is 10.1 Å². The summed E-state index contributed by atoms with van der Waals surface area (Å²) in [4.78, 5) is 13.1. The van der Waals surface area contributed by atoms with E-state index in [1.54, 1.807) is 7.11 Å². The van der Waals surface area contributed by atoms with Crippen LogP contribution in [-0.2, 0) is 6.42 Å². The van der Waals surface area contributed by atoms with E-state index >= 15 is 0 Å². The molecule has 0 aliphatic heterocycles. The lowest BCUT2D eigenvalue weighted by molar-refractivity contribution is 0.103. The van der Waals surface area contributed by atoms with Gasteiger partial charge in [-0.25, -0.2) is 0 Å². The molecule has 118 valence electrons. The minimum Gasteiger partial charge on any atom is -0.497 e. The molecule has 1 N–H and O–H groups in total. The number of rotatable bonds is 4. The van der Waals surface area contributed by atoms with Crippen LogP contribution in [0.5, 0.6) is 5.75 Å². The number of anilines is 1. The summed E-state index contributed by atoms with van der Waals surface area (Å²) in [5.74, 6) is 0.538. The summed E-state index contributed by atoms with van der Waals surface area (Å²) in [6.45, 7) is 2.06. The Bertz CT molecular complexity index is 873. The summed E-state index contributed by atoms with van der Waals surface area (Å²) in [6.07, 6.45) is 0.855. The van der Waals surface area contributed by atoms with Crippen LogP contribution in [0.3, 0.4) is 0 Å². The predicted octanol–water partition coefficient (Wildman–Crippen LogP) is 5.38. The minimum atomic E-state index is -0.184. The van der Waals surface area contributed by atoms with Crippen molar-refractivity contribution in [3.05, 3.63) is 57.9 Å². The minimum absolute atomic E-state index is 0.184. The molecule has 3 aromatic rings. The maximum Gasteiger partial charge on any atom is 0.267 e. The lowest BCUT2D eigenvalue weighted by atomic mass is 10.1. The number of amides is 1. The molecule has 3 rings (SSSR count). The lowest BCUT2D eigenvalue weighted by Crippen LogP contribution is -2.12. The van der Waals surface area contributed by atoms with Crippen molar-refractivity contribution in [3.63, 3.8) is 0 Å². The molecule has 3 nitrogen and oxygen atoms in total. The van der Waals surface area contributed by atoms with Crippen LogP contribution < -0.4 is 10.1 Å². The molecule has 0 fully saturated rings. The van der Waals surface area contributed by atoms with E-state index in [2.05, 4.69) is 12.2 Å². The van der Waals surface area contributed by atoms with Crippen LogP contribution >= 0.6 is 22.9 Å². The highest BCUT2D eigenvalue weighted by Crippen LogP contribution is 2.37. The van der Waals surface area contributed by atoms with E-state index in [4.69, 9.17) is 16.3 Å².